The predicted molar refractivity (Wildman–Crippen MR) is 98.4 cm³/mol. The van der Waals surface area contributed by atoms with E-state index in [0.29, 0.717) is 15.7 Å². The Labute approximate surface area is 154 Å². The van der Waals surface area contributed by atoms with Crippen LogP contribution in [0.4, 0.5) is 5.13 Å². The standard InChI is InChI=1S/C16H15N5O3S2/c1-21(2)26(23,24)13-7-5-11(6-8-13)14(22)18-16-20-19-15(25-16)12-4-3-9-17-10-12/h3-10H,1-2H3,(H,18,20,22). The lowest BCUT2D eigenvalue weighted by molar-refractivity contribution is 0.102. The average Bonchev–Trinajstić information content (AvgIpc) is 3.11. The van der Waals surface area contributed by atoms with Gasteiger partial charge in [-0.2, -0.15) is 0 Å². The quantitative estimate of drug-likeness (QED) is 0.716. The van der Waals surface area contributed by atoms with Gasteiger partial charge in [-0.25, -0.2) is 12.7 Å². The molecule has 0 fully saturated rings. The Hall–Kier alpha value is -2.69. The summed E-state index contributed by atoms with van der Waals surface area (Å²) in [6.45, 7) is 0. The largest absolute Gasteiger partial charge is 0.296 e. The van der Waals surface area contributed by atoms with E-state index in [1.165, 1.54) is 49.7 Å². The van der Waals surface area contributed by atoms with Gasteiger partial charge in [0.05, 0.1) is 4.90 Å². The van der Waals surface area contributed by atoms with Gasteiger partial charge in [0, 0.05) is 37.6 Å². The molecule has 0 unspecified atom stereocenters. The molecule has 134 valence electrons. The Bertz CT molecular complexity index is 1020. The van der Waals surface area contributed by atoms with Crippen LogP contribution in [0.1, 0.15) is 10.4 Å². The van der Waals surface area contributed by atoms with Gasteiger partial charge in [-0.05, 0) is 36.4 Å². The second-order valence-electron chi connectivity index (χ2n) is 5.42. The Balaban J connectivity index is 1.74. The highest BCUT2D eigenvalue weighted by molar-refractivity contribution is 7.89. The molecule has 0 saturated heterocycles. The van der Waals surface area contributed by atoms with Crippen LogP contribution in [0, 0.1) is 0 Å². The lowest BCUT2D eigenvalue weighted by atomic mass is 10.2. The molecule has 10 heteroatoms. The molecular formula is C16H15N5O3S2. The zero-order valence-corrected chi connectivity index (χ0v) is 15.6. The Morgan fingerprint density at radius 2 is 1.85 bits per heavy atom. The first-order chi connectivity index (χ1) is 12.4. The molecule has 0 atom stereocenters. The van der Waals surface area contributed by atoms with Gasteiger partial charge in [0.25, 0.3) is 5.91 Å². The minimum atomic E-state index is -3.53. The van der Waals surface area contributed by atoms with Crippen molar-refractivity contribution in [3.05, 3.63) is 54.4 Å². The molecule has 0 aliphatic rings. The molecule has 0 bridgehead atoms. The van der Waals surface area contributed by atoms with E-state index in [1.807, 2.05) is 6.07 Å². The molecular weight excluding hydrogens is 374 g/mol. The summed E-state index contributed by atoms with van der Waals surface area (Å²) >= 11 is 1.22. The fraction of sp³-hybridized carbons (Fsp3) is 0.125. The second-order valence-corrected chi connectivity index (χ2v) is 8.55. The molecule has 1 amide bonds. The molecule has 3 rings (SSSR count). The summed E-state index contributed by atoms with van der Waals surface area (Å²) in [6.07, 6.45) is 3.32. The van der Waals surface area contributed by atoms with Gasteiger partial charge in [-0.1, -0.05) is 11.3 Å². The maximum absolute atomic E-state index is 12.3. The number of anilines is 1. The molecule has 0 spiro atoms. The zero-order valence-electron chi connectivity index (χ0n) is 13.9. The summed E-state index contributed by atoms with van der Waals surface area (Å²) in [5, 5.41) is 11.6. The van der Waals surface area contributed by atoms with Crippen LogP contribution in [0.5, 0.6) is 0 Å². The summed E-state index contributed by atoms with van der Waals surface area (Å²) in [4.78, 5) is 16.4. The Morgan fingerprint density at radius 1 is 1.12 bits per heavy atom. The summed E-state index contributed by atoms with van der Waals surface area (Å²) in [7, 11) is -0.631. The van der Waals surface area contributed by atoms with Crippen molar-refractivity contribution in [2.75, 3.05) is 19.4 Å². The van der Waals surface area contributed by atoms with Crippen molar-refractivity contribution in [2.45, 2.75) is 4.90 Å². The number of nitrogens with zero attached hydrogens (tertiary/aromatic N) is 4. The number of hydrogen-bond donors (Lipinski definition) is 1. The Kier molecular flexibility index (Phi) is 5.07. The van der Waals surface area contributed by atoms with Crippen molar-refractivity contribution < 1.29 is 13.2 Å². The van der Waals surface area contributed by atoms with Crippen LogP contribution >= 0.6 is 11.3 Å². The van der Waals surface area contributed by atoms with E-state index >= 15 is 0 Å². The number of benzene rings is 1. The third-order valence-corrected chi connectivity index (χ3v) is 6.17. The summed E-state index contributed by atoms with van der Waals surface area (Å²) < 4.78 is 25.2. The van der Waals surface area contributed by atoms with Crippen LogP contribution in [0.15, 0.2) is 53.7 Å². The van der Waals surface area contributed by atoms with Crippen molar-refractivity contribution in [1.29, 1.82) is 0 Å². The molecule has 0 radical (unpaired) electrons. The Morgan fingerprint density at radius 3 is 2.46 bits per heavy atom. The number of rotatable bonds is 5. The second kappa shape index (κ2) is 7.28. The fourth-order valence-electron chi connectivity index (χ4n) is 2.04. The minimum Gasteiger partial charge on any atom is -0.296 e. The van der Waals surface area contributed by atoms with Gasteiger partial charge < -0.3 is 0 Å². The van der Waals surface area contributed by atoms with E-state index in [4.69, 9.17) is 0 Å². The lowest BCUT2D eigenvalue weighted by Crippen LogP contribution is -2.22. The van der Waals surface area contributed by atoms with Gasteiger partial charge in [0.15, 0.2) is 5.01 Å². The van der Waals surface area contributed by atoms with E-state index in [0.717, 1.165) is 9.87 Å². The van der Waals surface area contributed by atoms with E-state index in [1.54, 1.807) is 18.5 Å². The first-order valence-corrected chi connectivity index (χ1v) is 9.71. The molecule has 0 aliphatic carbocycles. The smallest absolute Gasteiger partial charge is 0.257 e. The molecule has 2 aromatic heterocycles. The summed E-state index contributed by atoms with van der Waals surface area (Å²) in [5.41, 5.74) is 1.13. The number of amides is 1. The molecule has 8 nitrogen and oxygen atoms in total. The topological polar surface area (TPSA) is 105 Å². The normalized spacial score (nSPS) is 11.5. The maximum atomic E-state index is 12.3. The number of sulfonamides is 1. The van der Waals surface area contributed by atoms with Crippen molar-refractivity contribution in [3.63, 3.8) is 0 Å². The summed E-state index contributed by atoms with van der Waals surface area (Å²) in [6, 6.07) is 9.34. The number of aromatic nitrogens is 3. The van der Waals surface area contributed by atoms with Crippen LogP contribution in [-0.4, -0.2) is 47.9 Å². The van der Waals surface area contributed by atoms with Gasteiger partial charge >= 0.3 is 0 Å². The van der Waals surface area contributed by atoms with Crippen LogP contribution in [0.3, 0.4) is 0 Å². The van der Waals surface area contributed by atoms with Gasteiger partial charge in [0.2, 0.25) is 15.2 Å². The van der Waals surface area contributed by atoms with E-state index in [-0.39, 0.29) is 4.90 Å². The van der Waals surface area contributed by atoms with E-state index in [9.17, 15) is 13.2 Å². The highest BCUT2D eigenvalue weighted by Crippen LogP contribution is 2.25. The first-order valence-electron chi connectivity index (χ1n) is 7.46. The number of pyridine rings is 1. The van der Waals surface area contributed by atoms with Crippen LogP contribution in [0.25, 0.3) is 10.6 Å². The molecule has 1 N–H and O–H groups in total. The first kappa shape index (κ1) is 18.1. The fourth-order valence-corrected chi connectivity index (χ4v) is 3.67. The lowest BCUT2D eigenvalue weighted by Gasteiger charge is -2.11. The van der Waals surface area contributed by atoms with Crippen molar-refractivity contribution in [3.8, 4) is 10.6 Å². The average molecular weight is 389 g/mol. The monoisotopic (exact) mass is 389 g/mol. The van der Waals surface area contributed by atoms with Crippen molar-refractivity contribution >= 4 is 32.4 Å². The van der Waals surface area contributed by atoms with E-state index in [2.05, 4.69) is 20.5 Å². The highest BCUT2D eigenvalue weighted by Gasteiger charge is 2.18. The van der Waals surface area contributed by atoms with Crippen molar-refractivity contribution in [2.24, 2.45) is 0 Å². The zero-order chi connectivity index (χ0) is 18.7. The van der Waals surface area contributed by atoms with Crippen LogP contribution < -0.4 is 5.32 Å². The number of nitrogens with one attached hydrogen (secondary N) is 1. The van der Waals surface area contributed by atoms with Crippen molar-refractivity contribution in [1.82, 2.24) is 19.5 Å². The minimum absolute atomic E-state index is 0.119. The third-order valence-electron chi connectivity index (χ3n) is 3.45. The number of carbonyl (C=O) groups is 1. The highest BCUT2D eigenvalue weighted by atomic mass is 32.2. The SMILES string of the molecule is CN(C)S(=O)(=O)c1ccc(C(=O)Nc2nnc(-c3cccnc3)s2)cc1. The maximum Gasteiger partial charge on any atom is 0.257 e. The van der Waals surface area contributed by atoms with Gasteiger partial charge in [0.1, 0.15) is 0 Å². The number of hydrogen-bond acceptors (Lipinski definition) is 7. The predicted octanol–water partition coefficient (Wildman–Crippen LogP) is 2.10. The molecule has 2 heterocycles. The molecule has 26 heavy (non-hydrogen) atoms. The van der Waals surface area contributed by atoms with Gasteiger partial charge in [-0.3, -0.25) is 15.1 Å². The molecule has 3 aromatic rings. The van der Waals surface area contributed by atoms with Crippen LogP contribution in [0.2, 0.25) is 0 Å². The summed E-state index contributed by atoms with van der Waals surface area (Å²) in [5.74, 6) is -0.396. The molecule has 1 aromatic carbocycles. The number of carbonyl (C=O) groups excluding carboxylic acids is 1. The third kappa shape index (κ3) is 3.77. The molecule has 0 saturated carbocycles. The van der Waals surface area contributed by atoms with E-state index < -0.39 is 15.9 Å². The molecule has 0 aliphatic heterocycles. The van der Waals surface area contributed by atoms with Crippen LogP contribution in [-0.2, 0) is 10.0 Å². The van der Waals surface area contributed by atoms with Gasteiger partial charge in [-0.15, -0.1) is 10.2 Å².